The minimum Gasteiger partial charge on any atom is -0.318 e. The molecule has 94 valence electrons. The van der Waals surface area contributed by atoms with Gasteiger partial charge in [-0.15, -0.1) is 0 Å². The van der Waals surface area contributed by atoms with Crippen molar-refractivity contribution < 1.29 is 9.18 Å². The van der Waals surface area contributed by atoms with Crippen molar-refractivity contribution in [3.05, 3.63) is 53.1 Å². The summed E-state index contributed by atoms with van der Waals surface area (Å²) in [7, 11) is 0. The van der Waals surface area contributed by atoms with Gasteiger partial charge >= 0.3 is 0 Å². The van der Waals surface area contributed by atoms with Gasteiger partial charge in [-0.05, 0) is 44.2 Å². The lowest BCUT2D eigenvalue weighted by molar-refractivity contribution is 0.0953. The fraction of sp³-hybridized carbons (Fsp3) is 0.154. The minimum atomic E-state index is -0.337. The highest BCUT2D eigenvalue weighted by Gasteiger charge is 2.15. The summed E-state index contributed by atoms with van der Waals surface area (Å²) in [4.78, 5) is 11.6. The molecule has 4 nitrogen and oxygen atoms in total. The van der Waals surface area contributed by atoms with Crippen LogP contribution in [0, 0.1) is 19.7 Å². The Morgan fingerprint density at radius 2 is 1.89 bits per heavy atom. The molecular weight excluding hydrogens is 233 g/mol. The molecule has 1 heterocycles. The second-order valence-electron chi connectivity index (χ2n) is 4.07. The first-order chi connectivity index (χ1) is 8.54. The van der Waals surface area contributed by atoms with E-state index in [2.05, 4.69) is 5.43 Å². The Kier molecular flexibility index (Phi) is 3.16. The summed E-state index contributed by atoms with van der Waals surface area (Å²) < 4.78 is 14.8. The topological polar surface area (TPSA) is 60.1 Å². The molecule has 0 saturated heterocycles. The van der Waals surface area contributed by atoms with Crippen molar-refractivity contribution in [1.82, 2.24) is 9.99 Å². The zero-order valence-corrected chi connectivity index (χ0v) is 10.2. The Morgan fingerprint density at radius 3 is 2.44 bits per heavy atom. The van der Waals surface area contributed by atoms with E-state index in [4.69, 9.17) is 5.84 Å². The Balaban J connectivity index is 2.55. The number of hydrogen-bond donors (Lipinski definition) is 2. The minimum absolute atomic E-state index is 0.291. The summed E-state index contributed by atoms with van der Waals surface area (Å²) in [6.45, 7) is 3.70. The van der Waals surface area contributed by atoms with Crippen molar-refractivity contribution in [1.29, 1.82) is 0 Å². The second kappa shape index (κ2) is 4.62. The number of nitrogen functional groups attached to an aromatic ring is 1. The van der Waals surface area contributed by atoms with Crippen LogP contribution in [-0.2, 0) is 0 Å². The van der Waals surface area contributed by atoms with Crippen LogP contribution in [0.5, 0.6) is 0 Å². The van der Waals surface area contributed by atoms with Gasteiger partial charge in [-0.3, -0.25) is 10.2 Å². The van der Waals surface area contributed by atoms with E-state index in [9.17, 15) is 9.18 Å². The molecule has 3 N–H and O–H groups in total. The summed E-state index contributed by atoms with van der Waals surface area (Å²) in [5.74, 6) is 4.51. The van der Waals surface area contributed by atoms with E-state index >= 15 is 0 Å². The van der Waals surface area contributed by atoms with Crippen LogP contribution in [0.4, 0.5) is 4.39 Å². The van der Waals surface area contributed by atoms with E-state index in [1.165, 1.54) is 12.1 Å². The molecule has 0 bridgehead atoms. The molecule has 0 saturated carbocycles. The number of nitrogens with zero attached hydrogens (tertiary/aromatic N) is 1. The molecule has 1 amide bonds. The van der Waals surface area contributed by atoms with E-state index in [0.717, 1.165) is 17.1 Å². The highest BCUT2D eigenvalue weighted by atomic mass is 19.1. The number of benzene rings is 1. The van der Waals surface area contributed by atoms with Crippen molar-refractivity contribution in [3.8, 4) is 5.69 Å². The van der Waals surface area contributed by atoms with Crippen LogP contribution in [0.25, 0.3) is 5.69 Å². The molecule has 1 aromatic carbocycles. The number of carbonyl (C=O) groups is 1. The molecule has 0 radical (unpaired) electrons. The van der Waals surface area contributed by atoms with Crippen LogP contribution < -0.4 is 11.3 Å². The molecule has 2 rings (SSSR count). The van der Waals surface area contributed by atoms with Crippen molar-refractivity contribution >= 4 is 5.91 Å². The van der Waals surface area contributed by atoms with Gasteiger partial charge in [0.1, 0.15) is 5.82 Å². The molecule has 0 fully saturated rings. The number of aromatic nitrogens is 1. The standard InChI is InChI=1S/C13H14FN3O/c1-8-7-12(13(18)16-15)9(2)17(8)11-5-3-10(14)4-6-11/h3-7H,15H2,1-2H3,(H,16,18). The number of hydrazine groups is 1. The van der Waals surface area contributed by atoms with E-state index in [1.807, 2.05) is 18.4 Å². The van der Waals surface area contributed by atoms with Gasteiger partial charge in [-0.2, -0.15) is 0 Å². The van der Waals surface area contributed by atoms with Crippen LogP contribution >= 0.6 is 0 Å². The molecule has 1 aromatic heterocycles. The molecule has 2 aromatic rings. The first-order valence-corrected chi connectivity index (χ1v) is 5.50. The Hall–Kier alpha value is -2.14. The van der Waals surface area contributed by atoms with Gasteiger partial charge in [-0.1, -0.05) is 0 Å². The lowest BCUT2D eigenvalue weighted by atomic mass is 10.2. The highest BCUT2D eigenvalue weighted by molar-refractivity contribution is 5.95. The summed E-state index contributed by atoms with van der Waals surface area (Å²) in [6.07, 6.45) is 0. The monoisotopic (exact) mass is 247 g/mol. The zero-order valence-electron chi connectivity index (χ0n) is 10.2. The maximum absolute atomic E-state index is 12.9. The Labute approximate surface area is 104 Å². The summed E-state index contributed by atoms with van der Waals surface area (Å²) in [6, 6.07) is 7.85. The predicted molar refractivity (Wildman–Crippen MR) is 66.9 cm³/mol. The largest absolute Gasteiger partial charge is 0.318 e. The molecule has 0 spiro atoms. The van der Waals surface area contributed by atoms with Crippen molar-refractivity contribution in [2.45, 2.75) is 13.8 Å². The third-order valence-electron chi connectivity index (χ3n) is 2.89. The first kappa shape index (κ1) is 12.3. The van der Waals surface area contributed by atoms with Gasteiger partial charge in [0.25, 0.3) is 5.91 Å². The Bertz CT molecular complexity index is 587. The lowest BCUT2D eigenvalue weighted by Crippen LogP contribution is -2.30. The quantitative estimate of drug-likeness (QED) is 0.483. The van der Waals surface area contributed by atoms with Crippen LogP contribution in [0.1, 0.15) is 21.7 Å². The van der Waals surface area contributed by atoms with Crippen LogP contribution in [-0.4, -0.2) is 10.5 Å². The number of rotatable bonds is 2. The SMILES string of the molecule is Cc1cc(C(=O)NN)c(C)n1-c1ccc(F)cc1. The molecule has 18 heavy (non-hydrogen) atoms. The number of carbonyl (C=O) groups excluding carboxylic acids is 1. The van der Waals surface area contributed by atoms with Crippen molar-refractivity contribution in [2.24, 2.45) is 5.84 Å². The van der Waals surface area contributed by atoms with E-state index in [1.54, 1.807) is 18.2 Å². The van der Waals surface area contributed by atoms with Crippen LogP contribution in [0.2, 0.25) is 0 Å². The van der Waals surface area contributed by atoms with Crippen LogP contribution in [0.3, 0.4) is 0 Å². The molecule has 0 aliphatic carbocycles. The number of halogens is 1. The third kappa shape index (κ3) is 2.00. The van der Waals surface area contributed by atoms with E-state index < -0.39 is 0 Å². The van der Waals surface area contributed by atoms with Gasteiger partial charge in [0.05, 0.1) is 5.56 Å². The fourth-order valence-corrected chi connectivity index (χ4v) is 2.06. The predicted octanol–water partition coefficient (Wildman–Crippen LogP) is 1.84. The molecule has 5 heteroatoms. The Morgan fingerprint density at radius 1 is 1.28 bits per heavy atom. The van der Waals surface area contributed by atoms with Gasteiger partial charge in [0.15, 0.2) is 0 Å². The second-order valence-corrected chi connectivity index (χ2v) is 4.07. The maximum Gasteiger partial charge on any atom is 0.267 e. The number of aryl methyl sites for hydroxylation is 1. The smallest absolute Gasteiger partial charge is 0.267 e. The normalized spacial score (nSPS) is 10.4. The molecule has 0 atom stereocenters. The number of hydrogen-bond acceptors (Lipinski definition) is 2. The van der Waals surface area contributed by atoms with Gasteiger partial charge < -0.3 is 4.57 Å². The average Bonchev–Trinajstić information content (AvgIpc) is 2.65. The number of amides is 1. The van der Waals surface area contributed by atoms with E-state index in [-0.39, 0.29) is 11.7 Å². The van der Waals surface area contributed by atoms with Crippen molar-refractivity contribution in [2.75, 3.05) is 0 Å². The highest BCUT2D eigenvalue weighted by Crippen LogP contribution is 2.20. The number of nitrogens with one attached hydrogen (secondary N) is 1. The first-order valence-electron chi connectivity index (χ1n) is 5.50. The average molecular weight is 247 g/mol. The fourth-order valence-electron chi connectivity index (χ4n) is 2.06. The molecule has 0 aliphatic rings. The van der Waals surface area contributed by atoms with E-state index in [0.29, 0.717) is 5.56 Å². The summed E-state index contributed by atoms with van der Waals surface area (Å²) in [5, 5.41) is 0. The third-order valence-corrected chi connectivity index (χ3v) is 2.89. The van der Waals surface area contributed by atoms with Gasteiger partial charge in [-0.25, -0.2) is 10.2 Å². The number of nitrogens with two attached hydrogens (primary N) is 1. The van der Waals surface area contributed by atoms with Crippen LogP contribution in [0.15, 0.2) is 30.3 Å². The molecule has 0 unspecified atom stereocenters. The summed E-state index contributed by atoms with van der Waals surface area (Å²) in [5.41, 5.74) is 5.08. The van der Waals surface area contributed by atoms with Gasteiger partial charge in [0, 0.05) is 17.1 Å². The summed E-state index contributed by atoms with van der Waals surface area (Å²) >= 11 is 0. The zero-order chi connectivity index (χ0) is 13.3. The van der Waals surface area contributed by atoms with Gasteiger partial charge in [0.2, 0.25) is 0 Å². The lowest BCUT2D eigenvalue weighted by Gasteiger charge is -2.09. The van der Waals surface area contributed by atoms with Crippen molar-refractivity contribution in [3.63, 3.8) is 0 Å². The molecular formula is C13H14FN3O. The molecule has 0 aliphatic heterocycles. The maximum atomic E-state index is 12.9.